The van der Waals surface area contributed by atoms with Gasteiger partial charge in [-0.1, -0.05) is 0 Å². The van der Waals surface area contributed by atoms with Crippen LogP contribution in [0.3, 0.4) is 0 Å². The van der Waals surface area contributed by atoms with E-state index in [0.717, 1.165) is 0 Å². The van der Waals surface area contributed by atoms with Crippen LogP contribution in [0.1, 0.15) is 6.92 Å². The molecule has 0 aliphatic carbocycles. The van der Waals surface area contributed by atoms with Gasteiger partial charge in [-0.3, -0.25) is 4.79 Å². The zero-order chi connectivity index (χ0) is 19.3. The Labute approximate surface area is 117 Å². The number of halogens is 13. The Balaban J connectivity index is 6.19. The van der Waals surface area contributed by atoms with E-state index in [-0.39, 0.29) is 6.92 Å². The molecular formula is C8H3F13O2. The highest BCUT2D eigenvalue weighted by Crippen LogP contribution is 2.60. The highest BCUT2D eigenvalue weighted by atomic mass is 19.4. The molecule has 2 nitrogen and oxygen atoms in total. The van der Waals surface area contributed by atoms with Crippen LogP contribution < -0.4 is 0 Å². The SMILES string of the molecule is CC(=O)OC(F)(F)C(F)(F)C(F)(F)C(F)(F)C(F)(F)C(F)(F)F. The molecule has 0 aliphatic rings. The Morgan fingerprint density at radius 3 is 1.17 bits per heavy atom. The number of hydrogen-bond acceptors (Lipinski definition) is 2. The molecule has 15 heteroatoms. The first-order valence-corrected chi connectivity index (χ1v) is 4.82. The van der Waals surface area contributed by atoms with Crippen LogP contribution in [0, 0.1) is 0 Å². The molecule has 0 N–H and O–H groups in total. The standard InChI is InChI=1S/C8H3F13O2/c1-2(22)23-8(20,21)6(15,16)4(11,12)3(9,10)5(13,14)7(17,18)19/h1H3. The zero-order valence-corrected chi connectivity index (χ0v) is 10.2. The maximum atomic E-state index is 12.8. The van der Waals surface area contributed by atoms with Crippen LogP contribution in [0.2, 0.25) is 0 Å². The van der Waals surface area contributed by atoms with Gasteiger partial charge in [0.2, 0.25) is 0 Å². The average molecular weight is 378 g/mol. The van der Waals surface area contributed by atoms with Crippen LogP contribution in [0.5, 0.6) is 0 Å². The van der Waals surface area contributed by atoms with Gasteiger partial charge in [-0.15, -0.1) is 0 Å². The Kier molecular flexibility index (Phi) is 4.96. The van der Waals surface area contributed by atoms with E-state index in [1.165, 1.54) is 0 Å². The minimum atomic E-state index is -8.01. The molecule has 0 bridgehead atoms. The van der Waals surface area contributed by atoms with Crippen molar-refractivity contribution in [2.24, 2.45) is 0 Å². The van der Waals surface area contributed by atoms with E-state index >= 15 is 0 Å². The molecule has 0 spiro atoms. The highest BCUT2D eigenvalue weighted by Gasteiger charge is 2.91. The normalized spacial score (nSPS) is 15.6. The largest absolute Gasteiger partial charge is 0.473 e. The van der Waals surface area contributed by atoms with E-state index in [9.17, 15) is 61.9 Å². The first kappa shape index (κ1) is 21.6. The molecule has 0 fully saturated rings. The van der Waals surface area contributed by atoms with Crippen LogP contribution >= 0.6 is 0 Å². The number of ether oxygens (including phenoxy) is 1. The highest BCUT2D eigenvalue weighted by molar-refractivity contribution is 5.66. The summed E-state index contributed by atoms with van der Waals surface area (Å²) < 4.78 is 164. The third-order valence-electron chi connectivity index (χ3n) is 2.18. The predicted octanol–water partition coefficient (Wildman–Crippen LogP) is 4.25. The summed E-state index contributed by atoms with van der Waals surface area (Å²) in [5.41, 5.74) is 0. The maximum Gasteiger partial charge on any atom is 0.473 e. The maximum absolute atomic E-state index is 12.8. The fourth-order valence-electron chi connectivity index (χ4n) is 1.000. The van der Waals surface area contributed by atoms with Crippen molar-refractivity contribution in [2.45, 2.75) is 42.9 Å². The van der Waals surface area contributed by atoms with Gasteiger partial charge in [-0.05, 0) is 0 Å². The molecule has 0 amide bonds. The second kappa shape index (κ2) is 5.29. The molecular weight excluding hydrogens is 375 g/mol. The predicted molar refractivity (Wildman–Crippen MR) is 42.6 cm³/mol. The third kappa shape index (κ3) is 3.00. The lowest BCUT2D eigenvalue weighted by atomic mass is 9.97. The van der Waals surface area contributed by atoms with Gasteiger partial charge >= 0.3 is 41.9 Å². The molecule has 0 atom stereocenters. The Morgan fingerprint density at radius 2 is 0.913 bits per heavy atom. The first-order valence-electron chi connectivity index (χ1n) is 4.82. The number of esters is 1. The summed E-state index contributed by atoms with van der Waals surface area (Å²) in [4.78, 5) is 10.0. The quantitative estimate of drug-likeness (QED) is 0.529. The fourth-order valence-corrected chi connectivity index (χ4v) is 1.000. The first-order chi connectivity index (χ1) is 9.67. The van der Waals surface area contributed by atoms with Crippen LogP contribution in [0.4, 0.5) is 57.1 Å². The molecule has 0 aromatic heterocycles. The molecule has 0 aliphatic heterocycles. The molecule has 0 saturated heterocycles. The third-order valence-corrected chi connectivity index (χ3v) is 2.18. The monoisotopic (exact) mass is 378 g/mol. The number of carbonyl (C=O) groups is 1. The number of hydrogen-bond donors (Lipinski definition) is 0. The molecule has 138 valence electrons. The summed E-state index contributed by atoms with van der Waals surface area (Å²) in [7, 11) is 0. The van der Waals surface area contributed by atoms with Crippen molar-refractivity contribution in [1.29, 1.82) is 0 Å². The number of rotatable bonds is 5. The summed E-state index contributed by atoms with van der Waals surface area (Å²) in [5, 5.41) is 0. The molecule has 0 aromatic rings. The van der Waals surface area contributed by atoms with Gasteiger partial charge in [0.15, 0.2) is 0 Å². The molecule has 23 heavy (non-hydrogen) atoms. The van der Waals surface area contributed by atoms with Gasteiger partial charge in [0.05, 0.1) is 0 Å². The van der Waals surface area contributed by atoms with E-state index in [0.29, 0.717) is 0 Å². The van der Waals surface area contributed by atoms with Gasteiger partial charge in [-0.25, -0.2) is 0 Å². The van der Waals surface area contributed by atoms with Gasteiger partial charge in [-0.2, -0.15) is 57.1 Å². The number of carbonyl (C=O) groups excluding carboxylic acids is 1. The molecule has 0 unspecified atom stereocenters. The molecule has 0 heterocycles. The van der Waals surface area contributed by atoms with Crippen LogP contribution in [-0.4, -0.2) is 41.9 Å². The van der Waals surface area contributed by atoms with Crippen molar-refractivity contribution < 1.29 is 66.6 Å². The zero-order valence-electron chi connectivity index (χ0n) is 10.2. The van der Waals surface area contributed by atoms with E-state index < -0.39 is 41.9 Å². The lowest BCUT2D eigenvalue weighted by Crippen LogP contribution is -2.70. The summed E-state index contributed by atoms with van der Waals surface area (Å²) in [6.45, 7) is -0.0788. The van der Waals surface area contributed by atoms with E-state index in [4.69, 9.17) is 0 Å². The molecule has 0 radical (unpaired) electrons. The van der Waals surface area contributed by atoms with Crippen molar-refractivity contribution in [2.75, 3.05) is 0 Å². The second-order valence-electron chi connectivity index (χ2n) is 3.91. The van der Waals surface area contributed by atoms with Gasteiger partial charge in [0.1, 0.15) is 0 Å². The molecule has 0 aromatic carbocycles. The van der Waals surface area contributed by atoms with E-state index in [1.54, 1.807) is 0 Å². The van der Waals surface area contributed by atoms with E-state index in [2.05, 4.69) is 4.74 Å². The van der Waals surface area contributed by atoms with Crippen LogP contribution in [-0.2, 0) is 9.53 Å². The van der Waals surface area contributed by atoms with Crippen molar-refractivity contribution in [1.82, 2.24) is 0 Å². The minimum Gasteiger partial charge on any atom is -0.396 e. The summed E-state index contributed by atoms with van der Waals surface area (Å²) >= 11 is 0. The van der Waals surface area contributed by atoms with Gasteiger partial charge < -0.3 is 4.74 Å². The lowest BCUT2D eigenvalue weighted by Gasteiger charge is -2.38. The topological polar surface area (TPSA) is 26.3 Å². The fraction of sp³-hybridized carbons (Fsp3) is 0.875. The Hall–Kier alpha value is -1.44. The van der Waals surface area contributed by atoms with Gasteiger partial charge in [0.25, 0.3) is 0 Å². The second-order valence-corrected chi connectivity index (χ2v) is 3.91. The van der Waals surface area contributed by atoms with Crippen molar-refractivity contribution in [3.63, 3.8) is 0 Å². The van der Waals surface area contributed by atoms with Crippen LogP contribution in [0.15, 0.2) is 0 Å². The summed E-state index contributed by atoms with van der Waals surface area (Å²) in [5.74, 6) is -33.8. The summed E-state index contributed by atoms with van der Waals surface area (Å²) in [6.07, 6.45) is -14.3. The lowest BCUT2D eigenvalue weighted by molar-refractivity contribution is -0.460. The molecule has 0 rings (SSSR count). The van der Waals surface area contributed by atoms with Crippen LogP contribution in [0.25, 0.3) is 0 Å². The average Bonchev–Trinajstić information content (AvgIpc) is 2.24. The Morgan fingerprint density at radius 1 is 0.609 bits per heavy atom. The smallest absolute Gasteiger partial charge is 0.396 e. The van der Waals surface area contributed by atoms with E-state index in [1.807, 2.05) is 0 Å². The van der Waals surface area contributed by atoms with Crippen molar-refractivity contribution in [3.05, 3.63) is 0 Å². The minimum absolute atomic E-state index is 0.0788. The molecule has 0 saturated carbocycles. The van der Waals surface area contributed by atoms with Crippen molar-refractivity contribution in [3.8, 4) is 0 Å². The Bertz CT molecular complexity index is 463. The summed E-state index contributed by atoms with van der Waals surface area (Å²) in [6, 6.07) is 0. The van der Waals surface area contributed by atoms with Gasteiger partial charge in [0, 0.05) is 6.92 Å². The number of alkyl halides is 13. The van der Waals surface area contributed by atoms with Crippen molar-refractivity contribution >= 4 is 5.97 Å².